The minimum Gasteiger partial charge on any atom is -0.465 e. The molecule has 0 saturated carbocycles. The number of amides is 3. The van der Waals surface area contributed by atoms with E-state index in [4.69, 9.17) is 4.74 Å². The van der Waals surface area contributed by atoms with Crippen molar-refractivity contribution in [3.63, 3.8) is 0 Å². The molecule has 60 heavy (non-hydrogen) atoms. The highest BCUT2D eigenvalue weighted by atomic mass is 32.2. The number of carbonyl (C=O) groups excluding carboxylic acids is 4. The third-order valence-electron chi connectivity index (χ3n) is 10.7. The predicted octanol–water partition coefficient (Wildman–Crippen LogP) is 11.2. The van der Waals surface area contributed by atoms with Crippen molar-refractivity contribution in [3.8, 4) is 11.1 Å². The SMILES string of the molecule is COC(=O)c1c(NC(=O)C(Sc2cccc(NC(=O)/C(=C\c3ccc(-c4ccccc4)cc3)NC(=O)c3ccccc3)c2)c2ccccc2)sc2c1CCC(C(C)(C)C)C2. The Bertz CT molecular complexity index is 2510. The number of esters is 1. The lowest BCUT2D eigenvalue weighted by Crippen LogP contribution is -2.30. The molecular formula is C50H47N3O5S2. The average Bonchev–Trinajstić information content (AvgIpc) is 3.63. The molecule has 1 aliphatic carbocycles. The summed E-state index contributed by atoms with van der Waals surface area (Å²) in [5.41, 5.74) is 6.06. The second kappa shape index (κ2) is 18.8. The first kappa shape index (κ1) is 41.9. The number of carbonyl (C=O) groups is 4. The lowest BCUT2D eigenvalue weighted by atomic mass is 9.72. The summed E-state index contributed by atoms with van der Waals surface area (Å²) in [5.74, 6) is -1.23. The highest BCUT2D eigenvalue weighted by Crippen LogP contribution is 2.45. The molecule has 1 heterocycles. The van der Waals surface area contributed by atoms with E-state index in [1.165, 1.54) is 30.2 Å². The van der Waals surface area contributed by atoms with E-state index in [1.54, 1.807) is 48.5 Å². The molecule has 1 aliphatic rings. The van der Waals surface area contributed by atoms with E-state index in [2.05, 4.69) is 36.7 Å². The lowest BCUT2D eigenvalue weighted by Gasteiger charge is -2.33. The molecule has 10 heteroatoms. The van der Waals surface area contributed by atoms with Gasteiger partial charge in [-0.1, -0.05) is 130 Å². The molecule has 0 saturated heterocycles. The molecule has 0 spiro atoms. The van der Waals surface area contributed by atoms with Crippen LogP contribution in [0.15, 0.2) is 150 Å². The maximum atomic E-state index is 14.4. The third kappa shape index (κ3) is 10.1. The number of rotatable bonds is 12. The molecular weight excluding hydrogens is 787 g/mol. The fraction of sp³-hybridized carbons (Fsp3) is 0.200. The summed E-state index contributed by atoms with van der Waals surface area (Å²) in [4.78, 5) is 56.7. The Morgan fingerprint density at radius 1 is 0.783 bits per heavy atom. The summed E-state index contributed by atoms with van der Waals surface area (Å²) in [6, 6.07) is 43.2. The fourth-order valence-corrected chi connectivity index (χ4v) is 9.70. The topological polar surface area (TPSA) is 114 Å². The quantitative estimate of drug-likeness (QED) is 0.0643. The predicted molar refractivity (Wildman–Crippen MR) is 243 cm³/mol. The van der Waals surface area contributed by atoms with Crippen LogP contribution in [0.4, 0.5) is 10.7 Å². The van der Waals surface area contributed by atoms with Gasteiger partial charge in [-0.3, -0.25) is 14.4 Å². The molecule has 0 bridgehead atoms. The van der Waals surface area contributed by atoms with Crippen molar-refractivity contribution in [1.29, 1.82) is 0 Å². The van der Waals surface area contributed by atoms with Crippen LogP contribution in [0.1, 0.15) is 74.7 Å². The van der Waals surface area contributed by atoms with Crippen molar-refractivity contribution in [2.45, 2.75) is 50.2 Å². The molecule has 6 aromatic rings. The van der Waals surface area contributed by atoms with E-state index in [1.807, 2.05) is 97.1 Å². The normalized spacial score (nSPS) is 14.3. The zero-order chi connectivity index (χ0) is 42.2. The number of nitrogens with one attached hydrogen (secondary N) is 3. The van der Waals surface area contributed by atoms with E-state index in [9.17, 15) is 19.2 Å². The van der Waals surface area contributed by atoms with Crippen molar-refractivity contribution in [1.82, 2.24) is 5.32 Å². The third-order valence-corrected chi connectivity index (χ3v) is 13.1. The minimum atomic E-state index is -0.705. The Morgan fingerprint density at radius 3 is 2.10 bits per heavy atom. The molecule has 3 amide bonds. The average molecular weight is 834 g/mol. The number of thiophene rings is 1. The van der Waals surface area contributed by atoms with Gasteiger partial charge in [0, 0.05) is 21.0 Å². The monoisotopic (exact) mass is 833 g/mol. The largest absolute Gasteiger partial charge is 0.465 e. The van der Waals surface area contributed by atoms with Gasteiger partial charge in [0.15, 0.2) is 0 Å². The van der Waals surface area contributed by atoms with E-state index < -0.39 is 23.0 Å². The van der Waals surface area contributed by atoms with Crippen LogP contribution in [-0.2, 0) is 27.2 Å². The molecule has 1 aromatic heterocycles. The van der Waals surface area contributed by atoms with Gasteiger partial charge in [-0.25, -0.2) is 4.79 Å². The van der Waals surface area contributed by atoms with Gasteiger partial charge < -0.3 is 20.7 Å². The number of hydrogen-bond acceptors (Lipinski definition) is 7. The number of anilines is 2. The Balaban J connectivity index is 1.13. The summed E-state index contributed by atoms with van der Waals surface area (Å²) >= 11 is 2.79. The number of methoxy groups -OCH3 is 1. The van der Waals surface area contributed by atoms with Crippen molar-refractivity contribution >= 4 is 63.6 Å². The van der Waals surface area contributed by atoms with Gasteiger partial charge in [0.1, 0.15) is 15.9 Å². The number of hydrogen-bond donors (Lipinski definition) is 3. The van der Waals surface area contributed by atoms with Crippen LogP contribution in [0.3, 0.4) is 0 Å². The minimum absolute atomic E-state index is 0.0600. The molecule has 0 aliphatic heterocycles. The molecule has 8 nitrogen and oxygen atoms in total. The van der Waals surface area contributed by atoms with E-state index in [0.717, 1.165) is 56.9 Å². The molecule has 0 fully saturated rings. The fourth-order valence-electron chi connectivity index (χ4n) is 7.30. The first-order valence-corrected chi connectivity index (χ1v) is 21.6. The van der Waals surface area contributed by atoms with Crippen LogP contribution >= 0.6 is 23.1 Å². The van der Waals surface area contributed by atoms with Crippen molar-refractivity contribution in [2.75, 3.05) is 17.7 Å². The molecule has 2 unspecified atom stereocenters. The van der Waals surface area contributed by atoms with Gasteiger partial charge in [0.25, 0.3) is 11.8 Å². The summed E-state index contributed by atoms with van der Waals surface area (Å²) < 4.78 is 5.23. The van der Waals surface area contributed by atoms with Gasteiger partial charge in [0.05, 0.1) is 12.7 Å². The second-order valence-corrected chi connectivity index (χ2v) is 18.0. The highest BCUT2D eigenvalue weighted by molar-refractivity contribution is 8.00. The zero-order valence-corrected chi connectivity index (χ0v) is 35.6. The molecule has 304 valence electrons. The summed E-state index contributed by atoms with van der Waals surface area (Å²) in [6.45, 7) is 6.73. The lowest BCUT2D eigenvalue weighted by molar-refractivity contribution is -0.116. The number of ether oxygens (including phenoxy) is 1. The molecule has 5 aromatic carbocycles. The molecule has 2 atom stereocenters. The van der Waals surface area contributed by atoms with Crippen LogP contribution < -0.4 is 16.0 Å². The molecule has 7 rings (SSSR count). The van der Waals surface area contributed by atoms with Crippen LogP contribution in [0.2, 0.25) is 0 Å². The second-order valence-electron chi connectivity index (χ2n) is 15.8. The standard InChI is InChI=1S/C50H47N3O5S2/c1-50(2,3)37-27-28-40-42(30-37)60-48(43(40)49(57)58-4)53-47(56)44(35-17-10-6-11-18-35)59-39-22-14-21-38(31-39)51-46(55)41(52-45(54)36-19-12-7-13-20-36)29-32-23-25-34(26-24-32)33-15-8-5-9-16-33/h5-26,29,31,37,44H,27-28,30H2,1-4H3,(H,51,55)(H,52,54)(H,53,56)/b41-29+. The first-order chi connectivity index (χ1) is 29.0. The molecule has 3 N–H and O–H groups in total. The van der Waals surface area contributed by atoms with Crippen molar-refractivity contribution in [3.05, 3.63) is 178 Å². The van der Waals surface area contributed by atoms with E-state index in [-0.39, 0.29) is 17.0 Å². The highest BCUT2D eigenvalue weighted by Gasteiger charge is 2.35. The van der Waals surface area contributed by atoms with Crippen molar-refractivity contribution in [2.24, 2.45) is 11.3 Å². The van der Waals surface area contributed by atoms with Crippen LogP contribution in [-0.4, -0.2) is 30.8 Å². The van der Waals surface area contributed by atoms with Gasteiger partial charge in [0.2, 0.25) is 5.91 Å². The van der Waals surface area contributed by atoms with Crippen molar-refractivity contribution < 1.29 is 23.9 Å². The Hall–Kier alpha value is -6.23. The first-order valence-electron chi connectivity index (χ1n) is 19.9. The Morgan fingerprint density at radius 2 is 1.43 bits per heavy atom. The number of fused-ring (bicyclic) bond motifs is 1. The zero-order valence-electron chi connectivity index (χ0n) is 34.0. The molecule has 0 radical (unpaired) electrons. The van der Waals surface area contributed by atoms with Gasteiger partial charge in [-0.15, -0.1) is 23.1 Å². The summed E-state index contributed by atoms with van der Waals surface area (Å²) in [7, 11) is 1.37. The summed E-state index contributed by atoms with van der Waals surface area (Å²) in [5, 5.41) is 8.70. The van der Waals surface area contributed by atoms with E-state index >= 15 is 0 Å². The Kier molecular flexibility index (Phi) is 13.1. The van der Waals surface area contributed by atoms with Crippen LogP contribution in [0.5, 0.6) is 0 Å². The number of thioether (sulfide) groups is 1. The summed E-state index contributed by atoms with van der Waals surface area (Å²) in [6.07, 6.45) is 4.19. The van der Waals surface area contributed by atoms with Gasteiger partial charge >= 0.3 is 5.97 Å². The van der Waals surface area contributed by atoms with E-state index in [0.29, 0.717) is 27.7 Å². The smallest absolute Gasteiger partial charge is 0.341 e. The number of benzene rings is 5. The maximum absolute atomic E-state index is 14.4. The van der Waals surface area contributed by atoms with Gasteiger partial charge in [-0.05, 0) is 94.8 Å². The maximum Gasteiger partial charge on any atom is 0.341 e. The Labute approximate surface area is 359 Å². The van der Waals surface area contributed by atoms with Crippen LogP contribution in [0.25, 0.3) is 17.2 Å². The van der Waals surface area contributed by atoms with Crippen LogP contribution in [0, 0.1) is 11.3 Å². The van der Waals surface area contributed by atoms with Gasteiger partial charge in [-0.2, -0.15) is 0 Å².